The number of hydrogen-bond acceptors (Lipinski definition) is 3. The van der Waals surface area contributed by atoms with Gasteiger partial charge in [0.1, 0.15) is 5.76 Å². The summed E-state index contributed by atoms with van der Waals surface area (Å²) in [5.74, 6) is -0.484. The van der Waals surface area contributed by atoms with Gasteiger partial charge < -0.3 is 9.52 Å². The van der Waals surface area contributed by atoms with Gasteiger partial charge in [0.05, 0.1) is 0 Å². The van der Waals surface area contributed by atoms with Crippen molar-refractivity contribution in [1.29, 1.82) is 0 Å². The summed E-state index contributed by atoms with van der Waals surface area (Å²) in [6.45, 7) is 1.99. The van der Waals surface area contributed by atoms with Crippen molar-refractivity contribution in [1.82, 2.24) is 4.98 Å². The number of nitrogens with zero attached hydrogens (tertiary/aromatic N) is 1. The summed E-state index contributed by atoms with van der Waals surface area (Å²) in [4.78, 5) is 14.3. The molecule has 12 heavy (non-hydrogen) atoms. The summed E-state index contributed by atoms with van der Waals surface area (Å²) in [6.07, 6.45) is 3.17. The first-order chi connectivity index (χ1) is 5.63. The van der Waals surface area contributed by atoms with Gasteiger partial charge in [-0.3, -0.25) is 0 Å². The normalized spacial score (nSPS) is 19.1. The van der Waals surface area contributed by atoms with E-state index in [9.17, 15) is 4.79 Å². The zero-order chi connectivity index (χ0) is 8.77. The van der Waals surface area contributed by atoms with E-state index in [1.54, 1.807) is 0 Å². The second kappa shape index (κ2) is 2.09. The minimum Gasteiger partial charge on any atom is -0.476 e. The van der Waals surface area contributed by atoms with Crippen molar-refractivity contribution in [2.24, 2.45) is 0 Å². The van der Waals surface area contributed by atoms with E-state index < -0.39 is 5.97 Å². The van der Waals surface area contributed by atoms with Crippen LogP contribution in [0.15, 0.2) is 10.8 Å². The van der Waals surface area contributed by atoms with Gasteiger partial charge in [-0.1, -0.05) is 6.92 Å². The molecule has 0 radical (unpaired) electrons. The number of carboxylic acids is 1. The SMILES string of the molecule is CC1(c2ocnc2C(=O)O)CC1. The van der Waals surface area contributed by atoms with Gasteiger partial charge in [0, 0.05) is 5.41 Å². The molecule has 1 aliphatic rings. The Morgan fingerprint density at radius 3 is 2.92 bits per heavy atom. The first-order valence-corrected chi connectivity index (χ1v) is 3.81. The number of carboxylic acid groups (broad SMARTS) is 1. The molecule has 0 amide bonds. The Kier molecular flexibility index (Phi) is 1.28. The summed E-state index contributed by atoms with van der Waals surface area (Å²) in [7, 11) is 0. The highest BCUT2D eigenvalue weighted by molar-refractivity contribution is 5.86. The fourth-order valence-electron chi connectivity index (χ4n) is 1.24. The molecule has 1 N–H and O–H groups in total. The van der Waals surface area contributed by atoms with Crippen molar-refractivity contribution in [3.05, 3.63) is 17.8 Å². The third-order valence-electron chi connectivity index (χ3n) is 2.32. The predicted octanol–water partition coefficient (Wildman–Crippen LogP) is 1.42. The fourth-order valence-corrected chi connectivity index (χ4v) is 1.24. The minimum atomic E-state index is -1.01. The van der Waals surface area contributed by atoms with Crippen LogP contribution in [-0.2, 0) is 5.41 Å². The van der Waals surface area contributed by atoms with Crippen molar-refractivity contribution in [3.63, 3.8) is 0 Å². The van der Waals surface area contributed by atoms with Crippen molar-refractivity contribution >= 4 is 5.97 Å². The van der Waals surface area contributed by atoms with Gasteiger partial charge in [-0.25, -0.2) is 9.78 Å². The molecule has 0 saturated heterocycles. The second-order valence-electron chi connectivity index (χ2n) is 3.40. The van der Waals surface area contributed by atoms with Gasteiger partial charge in [-0.05, 0) is 12.8 Å². The molecule has 1 heterocycles. The lowest BCUT2D eigenvalue weighted by Crippen LogP contribution is -2.07. The standard InChI is InChI=1S/C8H9NO3/c1-8(2-3-8)6-5(7(10)11)9-4-12-6/h4H,2-3H2,1H3,(H,10,11). The van der Waals surface area contributed by atoms with Crippen LogP contribution in [0, 0.1) is 0 Å². The van der Waals surface area contributed by atoms with Crippen LogP contribution >= 0.6 is 0 Å². The summed E-state index contributed by atoms with van der Waals surface area (Å²) < 4.78 is 5.06. The molecule has 1 fully saturated rings. The number of aromatic nitrogens is 1. The molecule has 0 bridgehead atoms. The molecule has 64 valence electrons. The lowest BCUT2D eigenvalue weighted by molar-refractivity contribution is 0.0687. The fraction of sp³-hybridized carbons (Fsp3) is 0.500. The number of rotatable bonds is 2. The van der Waals surface area contributed by atoms with Crippen LogP contribution in [0.25, 0.3) is 0 Å². The monoisotopic (exact) mass is 167 g/mol. The molecular weight excluding hydrogens is 158 g/mol. The van der Waals surface area contributed by atoms with E-state index in [1.807, 2.05) is 6.92 Å². The number of oxazole rings is 1. The molecule has 1 aliphatic carbocycles. The molecule has 1 aromatic heterocycles. The van der Waals surface area contributed by atoms with Crippen molar-refractivity contribution in [2.75, 3.05) is 0 Å². The largest absolute Gasteiger partial charge is 0.476 e. The molecule has 4 heteroatoms. The van der Waals surface area contributed by atoms with E-state index in [-0.39, 0.29) is 11.1 Å². The van der Waals surface area contributed by atoms with Crippen molar-refractivity contribution < 1.29 is 14.3 Å². The Morgan fingerprint density at radius 2 is 2.42 bits per heavy atom. The number of hydrogen-bond donors (Lipinski definition) is 1. The molecule has 0 unspecified atom stereocenters. The molecule has 4 nitrogen and oxygen atoms in total. The number of carbonyl (C=O) groups is 1. The molecule has 0 atom stereocenters. The van der Waals surface area contributed by atoms with Crippen LogP contribution in [0.3, 0.4) is 0 Å². The molecule has 1 saturated carbocycles. The first-order valence-electron chi connectivity index (χ1n) is 3.81. The predicted molar refractivity (Wildman–Crippen MR) is 40.0 cm³/mol. The Labute approximate surface area is 69.2 Å². The highest BCUT2D eigenvalue weighted by Crippen LogP contribution is 2.48. The van der Waals surface area contributed by atoms with Gasteiger partial charge in [0.2, 0.25) is 0 Å². The Hall–Kier alpha value is -1.32. The van der Waals surface area contributed by atoms with Crippen LogP contribution in [0.2, 0.25) is 0 Å². The third-order valence-corrected chi connectivity index (χ3v) is 2.32. The van der Waals surface area contributed by atoms with Gasteiger partial charge >= 0.3 is 5.97 Å². The van der Waals surface area contributed by atoms with Gasteiger partial charge in [0.15, 0.2) is 12.1 Å². The van der Waals surface area contributed by atoms with Crippen LogP contribution < -0.4 is 0 Å². The van der Waals surface area contributed by atoms with E-state index in [0.29, 0.717) is 5.76 Å². The van der Waals surface area contributed by atoms with Crippen LogP contribution in [0.4, 0.5) is 0 Å². The van der Waals surface area contributed by atoms with E-state index in [1.165, 1.54) is 6.39 Å². The smallest absolute Gasteiger partial charge is 0.358 e. The zero-order valence-electron chi connectivity index (χ0n) is 6.70. The average Bonchev–Trinajstić information content (AvgIpc) is 2.61. The van der Waals surface area contributed by atoms with E-state index in [2.05, 4.69) is 4.98 Å². The Bertz CT molecular complexity index is 325. The molecule has 2 rings (SSSR count). The average molecular weight is 167 g/mol. The molecule has 0 spiro atoms. The second-order valence-corrected chi connectivity index (χ2v) is 3.40. The van der Waals surface area contributed by atoms with Crippen LogP contribution in [0.5, 0.6) is 0 Å². The molecule has 1 aromatic rings. The number of aromatic carboxylic acids is 1. The summed E-state index contributed by atoms with van der Waals surface area (Å²) in [5, 5.41) is 8.72. The molecular formula is C8H9NO3. The van der Waals surface area contributed by atoms with E-state index >= 15 is 0 Å². The maximum absolute atomic E-state index is 10.6. The lowest BCUT2D eigenvalue weighted by Gasteiger charge is -2.02. The minimum absolute atomic E-state index is 0.0648. The van der Waals surface area contributed by atoms with Crippen LogP contribution in [0.1, 0.15) is 36.0 Å². The maximum Gasteiger partial charge on any atom is 0.358 e. The first kappa shape index (κ1) is 7.34. The van der Waals surface area contributed by atoms with E-state index in [4.69, 9.17) is 9.52 Å². The quantitative estimate of drug-likeness (QED) is 0.723. The van der Waals surface area contributed by atoms with Crippen molar-refractivity contribution in [2.45, 2.75) is 25.2 Å². The highest BCUT2D eigenvalue weighted by Gasteiger charge is 2.45. The Balaban J connectivity index is 2.43. The van der Waals surface area contributed by atoms with Gasteiger partial charge in [-0.15, -0.1) is 0 Å². The molecule has 0 aliphatic heterocycles. The Morgan fingerprint density at radius 1 is 1.75 bits per heavy atom. The topological polar surface area (TPSA) is 63.3 Å². The summed E-state index contributed by atoms with van der Waals surface area (Å²) in [5.41, 5.74) is -0.000440. The summed E-state index contributed by atoms with van der Waals surface area (Å²) in [6, 6.07) is 0. The maximum atomic E-state index is 10.6. The third kappa shape index (κ3) is 0.913. The summed E-state index contributed by atoms with van der Waals surface area (Å²) >= 11 is 0. The van der Waals surface area contributed by atoms with Gasteiger partial charge in [0.25, 0.3) is 0 Å². The molecule has 0 aromatic carbocycles. The van der Waals surface area contributed by atoms with Gasteiger partial charge in [-0.2, -0.15) is 0 Å². The van der Waals surface area contributed by atoms with Crippen molar-refractivity contribution in [3.8, 4) is 0 Å². The van der Waals surface area contributed by atoms with Crippen LogP contribution in [-0.4, -0.2) is 16.1 Å². The highest BCUT2D eigenvalue weighted by atomic mass is 16.4. The lowest BCUT2D eigenvalue weighted by atomic mass is 10.1. The van der Waals surface area contributed by atoms with E-state index in [0.717, 1.165) is 12.8 Å². The zero-order valence-corrected chi connectivity index (χ0v) is 6.70.